The Kier molecular flexibility index (Phi) is 8.06. The lowest BCUT2D eigenvalue weighted by molar-refractivity contribution is 0.102. The summed E-state index contributed by atoms with van der Waals surface area (Å²) in [6.07, 6.45) is 10.2. The van der Waals surface area contributed by atoms with Gasteiger partial charge in [0, 0.05) is 47.1 Å². The number of carbonyl (C=O) groups is 2. The molecule has 8 nitrogen and oxygen atoms in total. The molecule has 0 unspecified atom stereocenters. The molecule has 1 saturated heterocycles. The number of nitrogens with zero attached hydrogens (tertiary/aromatic N) is 2. The lowest BCUT2D eigenvalue weighted by atomic mass is 10.1. The van der Waals surface area contributed by atoms with Crippen molar-refractivity contribution in [2.75, 3.05) is 30.8 Å². The minimum Gasteiger partial charge on any atom is -0.494 e. The lowest BCUT2D eigenvalue weighted by Gasteiger charge is -2.29. The second-order valence-corrected chi connectivity index (χ2v) is 8.93. The van der Waals surface area contributed by atoms with Crippen LogP contribution in [0, 0.1) is 17.8 Å². The summed E-state index contributed by atoms with van der Waals surface area (Å²) in [5, 5.41) is 14.2. The number of terminal acetylenes is 1. The molecule has 2 heterocycles. The predicted molar refractivity (Wildman–Crippen MR) is 145 cm³/mol. The average Bonchev–Trinajstić information content (AvgIpc) is 2.94. The summed E-state index contributed by atoms with van der Waals surface area (Å²) in [6, 6.07) is 13.0. The standard InChI is InChI=1S/C28H26ClN5O3/c1-3-18-7-12-24(31-17-18)32-28(36)22-15-21(29)16-23(37-2)25(22)33-27(35)20-10-8-19(9-11-20)26(30)34-13-5-4-6-14-34/h1,7-12,15-17,30H,4-6,13-14H2,2H3,(H,33,35)(H,31,32,36). The van der Waals surface area contributed by atoms with Crippen molar-refractivity contribution in [2.24, 2.45) is 0 Å². The minimum atomic E-state index is -0.539. The van der Waals surface area contributed by atoms with Gasteiger partial charge in [0.25, 0.3) is 11.8 Å². The molecule has 0 atom stereocenters. The number of benzene rings is 2. The first kappa shape index (κ1) is 25.7. The van der Waals surface area contributed by atoms with Gasteiger partial charge in [-0.25, -0.2) is 4.98 Å². The molecule has 0 saturated carbocycles. The van der Waals surface area contributed by atoms with Gasteiger partial charge < -0.3 is 20.3 Å². The number of hydrogen-bond acceptors (Lipinski definition) is 5. The summed E-state index contributed by atoms with van der Waals surface area (Å²) < 4.78 is 5.40. The number of anilines is 2. The van der Waals surface area contributed by atoms with E-state index in [-0.39, 0.29) is 27.8 Å². The van der Waals surface area contributed by atoms with Crippen LogP contribution in [-0.2, 0) is 0 Å². The molecule has 37 heavy (non-hydrogen) atoms. The van der Waals surface area contributed by atoms with Gasteiger partial charge in [-0.3, -0.25) is 15.0 Å². The number of amides is 2. The van der Waals surface area contributed by atoms with Crippen LogP contribution < -0.4 is 15.4 Å². The molecule has 0 aliphatic carbocycles. The van der Waals surface area contributed by atoms with Gasteiger partial charge in [0.05, 0.1) is 18.4 Å². The number of nitrogens with one attached hydrogen (secondary N) is 3. The van der Waals surface area contributed by atoms with Crippen molar-refractivity contribution in [1.29, 1.82) is 5.41 Å². The van der Waals surface area contributed by atoms with Gasteiger partial charge in [0.2, 0.25) is 0 Å². The SMILES string of the molecule is C#Cc1ccc(NC(=O)c2cc(Cl)cc(OC)c2NC(=O)c2ccc(C(=N)N3CCCCC3)cc2)nc1. The fourth-order valence-electron chi connectivity index (χ4n) is 4.05. The maximum absolute atomic E-state index is 13.1. The van der Waals surface area contributed by atoms with Crippen LogP contribution in [0.3, 0.4) is 0 Å². The number of pyridine rings is 1. The third-order valence-corrected chi connectivity index (χ3v) is 6.25. The van der Waals surface area contributed by atoms with E-state index < -0.39 is 11.8 Å². The Bertz CT molecular complexity index is 1360. The highest BCUT2D eigenvalue weighted by Gasteiger charge is 2.21. The van der Waals surface area contributed by atoms with E-state index in [9.17, 15) is 9.59 Å². The summed E-state index contributed by atoms with van der Waals surface area (Å²) in [5.74, 6) is 2.45. The van der Waals surface area contributed by atoms with Crippen molar-refractivity contribution >= 4 is 40.8 Å². The van der Waals surface area contributed by atoms with Crippen LogP contribution in [0.4, 0.5) is 11.5 Å². The third kappa shape index (κ3) is 6.08. The molecule has 3 N–H and O–H groups in total. The Morgan fingerprint density at radius 3 is 2.35 bits per heavy atom. The number of ether oxygens (including phenoxy) is 1. The second-order valence-electron chi connectivity index (χ2n) is 8.49. The van der Waals surface area contributed by atoms with Gasteiger partial charge in [-0.15, -0.1) is 6.42 Å². The predicted octanol–water partition coefficient (Wildman–Crippen LogP) is 5.04. The Morgan fingerprint density at radius 2 is 1.73 bits per heavy atom. The van der Waals surface area contributed by atoms with E-state index in [0.717, 1.165) is 31.5 Å². The number of halogens is 1. The first-order valence-corrected chi connectivity index (χ1v) is 12.1. The van der Waals surface area contributed by atoms with Crippen molar-refractivity contribution in [3.8, 4) is 18.1 Å². The van der Waals surface area contributed by atoms with E-state index in [0.29, 0.717) is 17.0 Å². The van der Waals surface area contributed by atoms with E-state index in [4.69, 9.17) is 28.2 Å². The molecule has 1 aliphatic heterocycles. The van der Waals surface area contributed by atoms with E-state index >= 15 is 0 Å². The lowest BCUT2D eigenvalue weighted by Crippen LogP contribution is -2.35. The van der Waals surface area contributed by atoms with Crippen LogP contribution in [0.5, 0.6) is 5.75 Å². The zero-order valence-corrected chi connectivity index (χ0v) is 21.1. The van der Waals surface area contributed by atoms with Crippen LogP contribution in [-0.4, -0.2) is 47.7 Å². The van der Waals surface area contributed by atoms with E-state index in [2.05, 4.69) is 26.4 Å². The average molecular weight is 516 g/mol. The fourth-order valence-corrected chi connectivity index (χ4v) is 4.26. The van der Waals surface area contributed by atoms with Gasteiger partial charge in [0.1, 0.15) is 17.4 Å². The number of methoxy groups -OCH3 is 1. The molecule has 1 aromatic heterocycles. The van der Waals surface area contributed by atoms with Crippen molar-refractivity contribution in [3.63, 3.8) is 0 Å². The molecular formula is C28H26ClN5O3. The molecule has 9 heteroatoms. The van der Waals surface area contributed by atoms with Crippen LogP contribution in [0.1, 0.15) is 51.1 Å². The first-order chi connectivity index (χ1) is 17.9. The summed E-state index contributed by atoms with van der Waals surface area (Å²) in [5.41, 5.74) is 1.95. The van der Waals surface area contributed by atoms with Crippen molar-refractivity contribution < 1.29 is 14.3 Å². The number of piperidine rings is 1. The normalized spacial score (nSPS) is 12.8. The van der Waals surface area contributed by atoms with Crippen LogP contribution in [0.2, 0.25) is 5.02 Å². The summed E-state index contributed by atoms with van der Waals surface area (Å²) in [6.45, 7) is 1.73. The van der Waals surface area contributed by atoms with E-state index in [1.807, 2.05) is 0 Å². The van der Waals surface area contributed by atoms with Gasteiger partial charge in [-0.2, -0.15) is 0 Å². The molecule has 2 amide bonds. The van der Waals surface area contributed by atoms with Gasteiger partial charge in [-0.1, -0.05) is 29.7 Å². The fraction of sp³-hybridized carbons (Fsp3) is 0.214. The quantitative estimate of drug-likeness (QED) is 0.242. The molecule has 0 spiro atoms. The topological polar surface area (TPSA) is 107 Å². The molecule has 4 rings (SSSR count). The molecule has 1 fully saturated rings. The van der Waals surface area contributed by atoms with Crippen LogP contribution in [0.25, 0.3) is 0 Å². The zero-order chi connectivity index (χ0) is 26.4. The second kappa shape index (κ2) is 11.6. The smallest absolute Gasteiger partial charge is 0.259 e. The zero-order valence-electron chi connectivity index (χ0n) is 20.3. The highest BCUT2D eigenvalue weighted by atomic mass is 35.5. The Labute approximate surface area is 220 Å². The maximum Gasteiger partial charge on any atom is 0.259 e. The van der Waals surface area contributed by atoms with Gasteiger partial charge >= 0.3 is 0 Å². The Hall–Kier alpha value is -4.35. The Balaban J connectivity index is 1.55. The van der Waals surface area contributed by atoms with E-state index in [1.165, 1.54) is 31.9 Å². The number of hydrogen-bond donors (Lipinski definition) is 3. The summed E-state index contributed by atoms with van der Waals surface area (Å²) in [4.78, 5) is 32.4. The maximum atomic E-state index is 13.1. The van der Waals surface area contributed by atoms with Crippen molar-refractivity contribution in [3.05, 3.63) is 82.0 Å². The molecule has 2 aromatic carbocycles. The number of carbonyl (C=O) groups excluding carboxylic acids is 2. The molecular weight excluding hydrogens is 490 g/mol. The monoisotopic (exact) mass is 515 g/mol. The molecule has 188 valence electrons. The van der Waals surface area contributed by atoms with Crippen molar-refractivity contribution in [1.82, 2.24) is 9.88 Å². The van der Waals surface area contributed by atoms with E-state index in [1.54, 1.807) is 36.4 Å². The Morgan fingerprint density at radius 1 is 1.03 bits per heavy atom. The summed E-state index contributed by atoms with van der Waals surface area (Å²) >= 11 is 6.22. The molecule has 0 radical (unpaired) electrons. The van der Waals surface area contributed by atoms with Crippen molar-refractivity contribution in [2.45, 2.75) is 19.3 Å². The third-order valence-electron chi connectivity index (χ3n) is 6.03. The van der Waals surface area contributed by atoms with Crippen LogP contribution in [0.15, 0.2) is 54.7 Å². The highest BCUT2D eigenvalue weighted by Crippen LogP contribution is 2.33. The van der Waals surface area contributed by atoms with Crippen LogP contribution >= 0.6 is 11.6 Å². The number of rotatable bonds is 6. The summed E-state index contributed by atoms with van der Waals surface area (Å²) in [7, 11) is 1.42. The minimum absolute atomic E-state index is 0.101. The molecule has 3 aromatic rings. The first-order valence-electron chi connectivity index (χ1n) is 11.8. The molecule has 0 bridgehead atoms. The van der Waals surface area contributed by atoms with Gasteiger partial charge in [-0.05, 0) is 49.6 Å². The number of amidine groups is 1. The number of aromatic nitrogens is 1. The van der Waals surface area contributed by atoms with Gasteiger partial charge in [0.15, 0.2) is 0 Å². The number of likely N-dealkylation sites (tertiary alicyclic amines) is 1. The molecule has 1 aliphatic rings. The largest absolute Gasteiger partial charge is 0.494 e. The highest BCUT2D eigenvalue weighted by molar-refractivity contribution is 6.31.